The molecule has 35 heavy (non-hydrogen) atoms. The number of aromatic nitrogens is 1. The SMILES string of the molecule is O=C(Nc1cccnc1C(=O)N[C@@H]1CC[C@H](C(=O)O)C1)OCC1c2ccccc2-c2ccccc21. The second kappa shape index (κ2) is 9.58. The minimum atomic E-state index is -0.850. The number of amides is 2. The highest BCUT2D eigenvalue weighted by molar-refractivity contribution is 6.01. The summed E-state index contributed by atoms with van der Waals surface area (Å²) < 4.78 is 5.58. The zero-order valence-corrected chi connectivity index (χ0v) is 18.9. The average molecular weight is 472 g/mol. The Kier molecular flexibility index (Phi) is 6.18. The molecule has 0 bridgehead atoms. The van der Waals surface area contributed by atoms with Crippen LogP contribution in [0.2, 0.25) is 0 Å². The van der Waals surface area contributed by atoms with Gasteiger partial charge in [-0.05, 0) is 53.6 Å². The highest BCUT2D eigenvalue weighted by atomic mass is 16.5. The fraction of sp³-hybridized carbons (Fsp3) is 0.259. The first-order valence-electron chi connectivity index (χ1n) is 11.6. The topological polar surface area (TPSA) is 118 Å². The number of fused-ring (bicyclic) bond motifs is 3. The van der Waals surface area contributed by atoms with E-state index in [0.29, 0.717) is 19.3 Å². The van der Waals surface area contributed by atoms with Crippen molar-refractivity contribution in [1.82, 2.24) is 10.3 Å². The molecule has 2 aromatic carbocycles. The fourth-order valence-electron chi connectivity index (χ4n) is 5.02. The van der Waals surface area contributed by atoms with Gasteiger partial charge in [0, 0.05) is 18.2 Å². The second-order valence-electron chi connectivity index (χ2n) is 8.87. The average Bonchev–Trinajstić information content (AvgIpc) is 3.46. The summed E-state index contributed by atoms with van der Waals surface area (Å²) >= 11 is 0. The molecule has 0 unspecified atom stereocenters. The molecule has 178 valence electrons. The van der Waals surface area contributed by atoms with Crippen LogP contribution in [-0.2, 0) is 9.53 Å². The van der Waals surface area contributed by atoms with Crippen LogP contribution in [0.25, 0.3) is 11.1 Å². The summed E-state index contributed by atoms with van der Waals surface area (Å²) in [7, 11) is 0. The first-order chi connectivity index (χ1) is 17.0. The number of carboxylic acid groups (broad SMARTS) is 1. The molecule has 0 saturated heterocycles. The van der Waals surface area contributed by atoms with Gasteiger partial charge in [-0.2, -0.15) is 0 Å². The van der Waals surface area contributed by atoms with E-state index in [1.165, 1.54) is 6.20 Å². The third-order valence-corrected chi connectivity index (χ3v) is 6.72. The Morgan fingerprint density at radius 2 is 1.63 bits per heavy atom. The third-order valence-electron chi connectivity index (χ3n) is 6.72. The molecule has 1 fully saturated rings. The van der Waals surface area contributed by atoms with E-state index in [2.05, 4.69) is 27.8 Å². The molecule has 3 N–H and O–H groups in total. The van der Waals surface area contributed by atoms with E-state index in [9.17, 15) is 19.5 Å². The Labute approximate surface area is 202 Å². The summed E-state index contributed by atoms with van der Waals surface area (Å²) in [6.07, 6.45) is 2.27. The van der Waals surface area contributed by atoms with Gasteiger partial charge in [0.25, 0.3) is 5.91 Å². The van der Waals surface area contributed by atoms with Crippen LogP contribution >= 0.6 is 0 Å². The monoisotopic (exact) mass is 471 g/mol. The standard InChI is InChI=1S/C27H25N3O5/c31-25(29-17-12-11-16(14-17)26(32)33)24-23(10-5-13-28-24)30-27(34)35-15-22-20-8-3-1-6-18(20)19-7-2-4-9-21(19)22/h1-10,13,16-17,22H,11-12,14-15H2,(H,29,31)(H,30,34)(H,32,33)/t16-,17+/m0/s1. The van der Waals surface area contributed by atoms with Crippen molar-refractivity contribution in [1.29, 1.82) is 0 Å². The smallest absolute Gasteiger partial charge is 0.411 e. The molecule has 2 aliphatic carbocycles. The summed E-state index contributed by atoms with van der Waals surface area (Å²) in [5.41, 5.74) is 4.79. The lowest BCUT2D eigenvalue weighted by Gasteiger charge is -2.16. The predicted octanol–water partition coefficient (Wildman–Crippen LogP) is 4.43. The van der Waals surface area contributed by atoms with Crippen molar-refractivity contribution in [2.75, 3.05) is 11.9 Å². The molecule has 8 nitrogen and oxygen atoms in total. The lowest BCUT2D eigenvalue weighted by Crippen LogP contribution is -2.34. The maximum absolute atomic E-state index is 12.8. The van der Waals surface area contributed by atoms with Crippen molar-refractivity contribution >= 4 is 23.7 Å². The summed E-state index contributed by atoms with van der Waals surface area (Å²) in [6, 6.07) is 19.1. The van der Waals surface area contributed by atoms with Crippen LogP contribution in [0.4, 0.5) is 10.5 Å². The van der Waals surface area contributed by atoms with E-state index in [1.54, 1.807) is 12.1 Å². The van der Waals surface area contributed by atoms with Crippen LogP contribution in [0, 0.1) is 5.92 Å². The van der Waals surface area contributed by atoms with Gasteiger partial charge < -0.3 is 15.2 Å². The number of ether oxygens (including phenoxy) is 1. The molecule has 0 radical (unpaired) electrons. The number of pyridine rings is 1. The van der Waals surface area contributed by atoms with Gasteiger partial charge in [0.1, 0.15) is 6.61 Å². The Balaban J connectivity index is 1.24. The molecule has 0 aliphatic heterocycles. The molecule has 5 rings (SSSR count). The second-order valence-corrected chi connectivity index (χ2v) is 8.87. The number of carboxylic acids is 1. The van der Waals surface area contributed by atoms with Crippen molar-refractivity contribution in [3.8, 4) is 11.1 Å². The number of hydrogen-bond donors (Lipinski definition) is 3. The molecular formula is C27H25N3O5. The van der Waals surface area contributed by atoms with E-state index >= 15 is 0 Å². The molecule has 2 amide bonds. The lowest BCUT2D eigenvalue weighted by atomic mass is 9.98. The summed E-state index contributed by atoms with van der Waals surface area (Å²) in [5.74, 6) is -1.84. The van der Waals surface area contributed by atoms with Crippen molar-refractivity contribution < 1.29 is 24.2 Å². The summed E-state index contributed by atoms with van der Waals surface area (Å²) in [5, 5.41) is 14.6. The van der Waals surface area contributed by atoms with Crippen LogP contribution in [-0.4, -0.2) is 40.7 Å². The Hall–Kier alpha value is -4.20. The summed E-state index contributed by atoms with van der Waals surface area (Å²) in [4.78, 5) is 40.8. The van der Waals surface area contributed by atoms with Gasteiger partial charge in [-0.25, -0.2) is 9.78 Å². The Morgan fingerprint density at radius 1 is 0.943 bits per heavy atom. The predicted molar refractivity (Wildman–Crippen MR) is 129 cm³/mol. The zero-order valence-electron chi connectivity index (χ0n) is 18.9. The van der Waals surface area contributed by atoms with Crippen molar-refractivity contribution in [2.24, 2.45) is 5.92 Å². The van der Waals surface area contributed by atoms with Crippen LogP contribution in [0.5, 0.6) is 0 Å². The number of benzene rings is 2. The molecular weight excluding hydrogens is 446 g/mol. The van der Waals surface area contributed by atoms with Gasteiger partial charge in [-0.1, -0.05) is 48.5 Å². The van der Waals surface area contributed by atoms with E-state index in [1.807, 2.05) is 36.4 Å². The number of carbonyl (C=O) groups is 3. The van der Waals surface area contributed by atoms with Gasteiger partial charge in [-0.3, -0.25) is 14.9 Å². The number of carbonyl (C=O) groups excluding carboxylic acids is 2. The van der Waals surface area contributed by atoms with Gasteiger partial charge in [0.05, 0.1) is 11.6 Å². The molecule has 1 aromatic heterocycles. The quantitative estimate of drug-likeness (QED) is 0.490. The number of anilines is 1. The first kappa shape index (κ1) is 22.6. The fourth-order valence-corrected chi connectivity index (χ4v) is 5.02. The third kappa shape index (κ3) is 4.59. The molecule has 8 heteroatoms. The lowest BCUT2D eigenvalue weighted by molar-refractivity contribution is -0.141. The van der Waals surface area contributed by atoms with Gasteiger partial charge in [0.15, 0.2) is 5.69 Å². The highest BCUT2D eigenvalue weighted by Crippen LogP contribution is 2.44. The van der Waals surface area contributed by atoms with Crippen molar-refractivity contribution in [3.63, 3.8) is 0 Å². The molecule has 0 spiro atoms. The summed E-state index contributed by atoms with van der Waals surface area (Å²) in [6.45, 7) is 0.153. The van der Waals surface area contributed by atoms with E-state index in [-0.39, 0.29) is 29.9 Å². The van der Waals surface area contributed by atoms with E-state index < -0.39 is 23.9 Å². The van der Waals surface area contributed by atoms with Crippen LogP contribution in [0.3, 0.4) is 0 Å². The van der Waals surface area contributed by atoms with Gasteiger partial charge >= 0.3 is 12.1 Å². The van der Waals surface area contributed by atoms with Crippen LogP contribution in [0.15, 0.2) is 66.9 Å². The number of rotatable bonds is 6. The minimum absolute atomic E-state index is 0.0554. The van der Waals surface area contributed by atoms with Crippen LogP contribution < -0.4 is 10.6 Å². The Bertz CT molecular complexity index is 1250. The maximum atomic E-state index is 12.8. The van der Waals surface area contributed by atoms with Crippen molar-refractivity contribution in [3.05, 3.63) is 83.7 Å². The molecule has 1 heterocycles. The van der Waals surface area contributed by atoms with Crippen molar-refractivity contribution in [2.45, 2.75) is 31.2 Å². The van der Waals surface area contributed by atoms with Crippen LogP contribution in [0.1, 0.15) is 46.8 Å². The zero-order chi connectivity index (χ0) is 24.4. The normalized spacial score (nSPS) is 18.4. The van der Waals surface area contributed by atoms with E-state index in [4.69, 9.17) is 4.74 Å². The first-order valence-corrected chi connectivity index (χ1v) is 11.6. The Morgan fingerprint density at radius 3 is 2.29 bits per heavy atom. The molecule has 2 aliphatic rings. The van der Waals surface area contributed by atoms with E-state index in [0.717, 1.165) is 22.3 Å². The number of nitrogens with one attached hydrogen (secondary N) is 2. The van der Waals surface area contributed by atoms with Gasteiger partial charge in [-0.15, -0.1) is 0 Å². The highest BCUT2D eigenvalue weighted by Gasteiger charge is 2.32. The number of nitrogens with zero attached hydrogens (tertiary/aromatic N) is 1. The molecule has 1 saturated carbocycles. The largest absolute Gasteiger partial charge is 0.481 e. The molecule has 2 atom stereocenters. The minimum Gasteiger partial charge on any atom is -0.481 e. The van der Waals surface area contributed by atoms with Gasteiger partial charge in [0.2, 0.25) is 0 Å². The molecule has 3 aromatic rings. The number of hydrogen-bond acceptors (Lipinski definition) is 5. The maximum Gasteiger partial charge on any atom is 0.411 e. The number of aliphatic carboxylic acids is 1.